The number of nitrogen functional groups attached to an aromatic ring is 2. The molecular weight excluding hydrogens is 582 g/mol. The summed E-state index contributed by atoms with van der Waals surface area (Å²) < 4.78 is 28.9. The smallest absolute Gasteiger partial charge is 0.320 e. The number of halogens is 2. The molecule has 0 bridgehead atoms. The highest BCUT2D eigenvalue weighted by molar-refractivity contribution is 8.00. The van der Waals surface area contributed by atoms with Crippen molar-refractivity contribution in [1.82, 2.24) is 20.3 Å². The number of thiophene rings is 1. The summed E-state index contributed by atoms with van der Waals surface area (Å²) in [5.74, 6) is -0.207. The maximum Gasteiger partial charge on any atom is 0.320 e. The molecule has 15 heteroatoms. The lowest BCUT2D eigenvalue weighted by atomic mass is 9.88. The fourth-order valence-corrected chi connectivity index (χ4v) is 8.14. The molecule has 3 aromatic rings. The summed E-state index contributed by atoms with van der Waals surface area (Å²) in [5.41, 5.74) is 15.0. The lowest BCUT2D eigenvalue weighted by molar-refractivity contribution is 0.0238. The monoisotopic (exact) mass is 612 g/mol. The van der Waals surface area contributed by atoms with Gasteiger partial charge in [0, 0.05) is 61.1 Å². The normalized spacial score (nSPS) is 18.2. The summed E-state index contributed by atoms with van der Waals surface area (Å²) >= 11 is 3.31. The predicted octanol–water partition coefficient (Wildman–Crippen LogP) is 3.62. The minimum Gasteiger partial charge on any atom is -0.467 e. The number of ether oxygens (including phenoxy) is 1. The van der Waals surface area contributed by atoms with Crippen LogP contribution in [0.1, 0.15) is 46.5 Å². The molecule has 1 spiro atoms. The van der Waals surface area contributed by atoms with Crippen LogP contribution in [0.15, 0.2) is 18.3 Å². The SMILES string of the molecule is COc1nc(N2CC3(C2)SCc2sc(N)c(C#N)c23)c(C#N)c(N(C)C(C)c2cccnc2N)n1.FC1(F)CCNC1. The van der Waals surface area contributed by atoms with Gasteiger partial charge in [-0.3, -0.25) is 0 Å². The van der Waals surface area contributed by atoms with Crippen LogP contribution in [-0.2, 0) is 10.5 Å². The molecule has 6 rings (SSSR count). The van der Waals surface area contributed by atoms with Gasteiger partial charge in [-0.15, -0.1) is 23.1 Å². The summed E-state index contributed by atoms with van der Waals surface area (Å²) in [6.07, 6.45) is 1.65. The Balaban J connectivity index is 0.000000442. The van der Waals surface area contributed by atoms with E-state index in [9.17, 15) is 19.3 Å². The van der Waals surface area contributed by atoms with Crippen molar-refractivity contribution >= 4 is 45.6 Å². The van der Waals surface area contributed by atoms with E-state index in [-0.39, 0.29) is 29.8 Å². The van der Waals surface area contributed by atoms with Gasteiger partial charge in [0.25, 0.3) is 5.92 Å². The summed E-state index contributed by atoms with van der Waals surface area (Å²) in [6, 6.07) is 8.29. The fraction of sp³-hybridized carbons (Fsp3) is 0.444. The minimum atomic E-state index is -2.42. The standard InChI is InChI=1S/C23H23N9OS2.C4H7F2N/c1-12(13-5-4-6-28-18(13)26)31(2)20-15(8-25)21(30-22(29-20)33-3)32-10-23(11-32)17-14(7-24)19(27)35-16(17)9-34-23;5-4(6)1-2-7-3-4/h4-6,12H,9-11,27H2,1-3H3,(H2,26,28);7H,1-3H2. The van der Waals surface area contributed by atoms with Crippen LogP contribution in [0.3, 0.4) is 0 Å². The summed E-state index contributed by atoms with van der Waals surface area (Å²) in [4.78, 5) is 18.3. The number of hydrogen-bond acceptors (Lipinski definition) is 13. The van der Waals surface area contributed by atoms with E-state index < -0.39 is 5.92 Å². The molecule has 0 radical (unpaired) electrons. The van der Waals surface area contributed by atoms with Gasteiger partial charge in [-0.05, 0) is 13.0 Å². The van der Waals surface area contributed by atoms with Gasteiger partial charge in [0.2, 0.25) is 0 Å². The zero-order valence-corrected chi connectivity index (χ0v) is 25.0. The first-order valence-electron chi connectivity index (χ1n) is 13.1. The third kappa shape index (κ3) is 5.24. The van der Waals surface area contributed by atoms with Crippen molar-refractivity contribution in [1.29, 1.82) is 10.5 Å². The Labute approximate surface area is 250 Å². The van der Waals surface area contributed by atoms with Gasteiger partial charge in [-0.25, -0.2) is 13.8 Å². The maximum atomic E-state index is 11.9. The van der Waals surface area contributed by atoms with Gasteiger partial charge in [0.1, 0.15) is 28.5 Å². The fourth-order valence-electron chi connectivity index (χ4n) is 5.34. The summed E-state index contributed by atoms with van der Waals surface area (Å²) in [7, 11) is 3.36. The third-order valence-electron chi connectivity index (χ3n) is 7.68. The minimum absolute atomic E-state index is 0.00694. The molecule has 3 aliphatic heterocycles. The lowest BCUT2D eigenvalue weighted by Gasteiger charge is -2.48. The molecule has 2 saturated heterocycles. The number of nitrogens with one attached hydrogen (secondary N) is 1. The maximum absolute atomic E-state index is 11.9. The van der Waals surface area contributed by atoms with Gasteiger partial charge >= 0.3 is 6.01 Å². The molecule has 0 aromatic carbocycles. The molecule has 1 atom stereocenters. The van der Waals surface area contributed by atoms with E-state index in [4.69, 9.17) is 16.2 Å². The number of nitrogens with two attached hydrogens (primary N) is 2. The van der Waals surface area contributed by atoms with Gasteiger partial charge in [-0.2, -0.15) is 20.5 Å². The molecule has 2 fully saturated rings. The Kier molecular flexibility index (Phi) is 8.02. The van der Waals surface area contributed by atoms with E-state index in [0.29, 0.717) is 53.2 Å². The number of methoxy groups -OCH3 is 1. The summed E-state index contributed by atoms with van der Waals surface area (Å²) in [5, 5.41) is 23.0. The van der Waals surface area contributed by atoms with Crippen molar-refractivity contribution in [2.75, 3.05) is 61.6 Å². The topological polar surface area (TPSA) is 166 Å². The van der Waals surface area contributed by atoms with Crippen LogP contribution in [-0.4, -0.2) is 61.2 Å². The number of rotatable bonds is 5. The molecule has 1 unspecified atom stereocenters. The van der Waals surface area contributed by atoms with E-state index in [1.54, 1.807) is 6.20 Å². The Morgan fingerprint density at radius 3 is 2.52 bits per heavy atom. The highest BCUT2D eigenvalue weighted by Gasteiger charge is 2.53. The second-order valence-corrected chi connectivity index (χ2v) is 12.8. The van der Waals surface area contributed by atoms with Crippen molar-refractivity contribution < 1.29 is 13.5 Å². The third-order valence-corrected chi connectivity index (χ3v) is 10.3. The molecule has 42 heavy (non-hydrogen) atoms. The van der Waals surface area contributed by atoms with Crippen molar-refractivity contribution in [3.8, 4) is 18.1 Å². The van der Waals surface area contributed by atoms with Crippen molar-refractivity contribution in [2.45, 2.75) is 35.8 Å². The Hall–Kier alpha value is -3.92. The molecule has 3 aliphatic rings. The second-order valence-electron chi connectivity index (χ2n) is 10.3. The zero-order valence-electron chi connectivity index (χ0n) is 23.3. The summed E-state index contributed by atoms with van der Waals surface area (Å²) in [6.45, 7) is 3.53. The first-order valence-corrected chi connectivity index (χ1v) is 14.9. The molecule has 11 nitrogen and oxygen atoms in total. The molecular formula is C27H30F2N10OS2. The van der Waals surface area contributed by atoms with Gasteiger partial charge in [0.05, 0.1) is 30.0 Å². The van der Waals surface area contributed by atoms with E-state index in [0.717, 1.165) is 21.8 Å². The number of alkyl halides is 2. The van der Waals surface area contributed by atoms with Crippen molar-refractivity contribution in [3.05, 3.63) is 45.5 Å². The first-order chi connectivity index (χ1) is 20.0. The van der Waals surface area contributed by atoms with Crippen molar-refractivity contribution in [3.63, 3.8) is 0 Å². The zero-order chi connectivity index (χ0) is 30.2. The average molecular weight is 613 g/mol. The molecule has 6 heterocycles. The molecule has 3 aromatic heterocycles. The quantitative estimate of drug-likeness (QED) is 0.384. The predicted molar refractivity (Wildman–Crippen MR) is 160 cm³/mol. The van der Waals surface area contributed by atoms with Crippen LogP contribution in [0.25, 0.3) is 0 Å². The number of hydrogen-bond donors (Lipinski definition) is 3. The van der Waals surface area contributed by atoms with E-state index in [1.807, 2.05) is 47.7 Å². The number of pyridine rings is 1. The van der Waals surface area contributed by atoms with Gasteiger partial charge in [-0.1, -0.05) is 6.07 Å². The number of fused-ring (bicyclic) bond motifs is 2. The van der Waals surface area contributed by atoms with Gasteiger partial charge < -0.3 is 31.3 Å². The van der Waals surface area contributed by atoms with Gasteiger partial charge in [0.15, 0.2) is 11.6 Å². The molecule has 0 amide bonds. The lowest BCUT2D eigenvalue weighted by Crippen LogP contribution is -2.57. The van der Waals surface area contributed by atoms with E-state index in [2.05, 4.69) is 32.4 Å². The van der Waals surface area contributed by atoms with Crippen LogP contribution in [0.5, 0.6) is 6.01 Å². The molecule has 0 saturated carbocycles. The number of anilines is 4. The van der Waals surface area contributed by atoms with Crippen LogP contribution in [0.2, 0.25) is 0 Å². The van der Waals surface area contributed by atoms with Crippen molar-refractivity contribution in [2.24, 2.45) is 0 Å². The van der Waals surface area contributed by atoms with Crippen LogP contribution in [0, 0.1) is 22.7 Å². The van der Waals surface area contributed by atoms with E-state index in [1.165, 1.54) is 18.4 Å². The molecule has 0 aliphatic carbocycles. The second kappa shape index (κ2) is 11.4. The highest BCUT2D eigenvalue weighted by Crippen LogP contribution is 2.58. The Morgan fingerprint density at radius 2 is 1.95 bits per heavy atom. The highest BCUT2D eigenvalue weighted by atomic mass is 32.2. The number of aromatic nitrogens is 3. The molecule has 5 N–H and O–H groups in total. The average Bonchev–Trinajstić information content (AvgIpc) is 3.63. The Bertz CT molecular complexity index is 1570. The first kappa shape index (κ1) is 29.6. The number of thioether (sulfide) groups is 1. The largest absolute Gasteiger partial charge is 0.467 e. The van der Waals surface area contributed by atoms with Crippen LogP contribution < -0.4 is 31.3 Å². The van der Waals surface area contributed by atoms with E-state index >= 15 is 0 Å². The van der Waals surface area contributed by atoms with Crippen LogP contribution in [0.4, 0.5) is 31.2 Å². The Morgan fingerprint density at radius 1 is 1.21 bits per heavy atom. The van der Waals surface area contributed by atoms with Crippen LogP contribution >= 0.6 is 23.1 Å². The number of nitriles is 2. The number of nitrogens with zero attached hydrogens (tertiary/aromatic N) is 7. The molecule has 220 valence electrons.